The van der Waals surface area contributed by atoms with Crippen molar-refractivity contribution in [2.75, 3.05) is 12.1 Å². The molecule has 132 valence electrons. The van der Waals surface area contributed by atoms with E-state index in [-0.39, 0.29) is 13.2 Å². The summed E-state index contributed by atoms with van der Waals surface area (Å²) in [6, 6.07) is 11.0. The van der Waals surface area contributed by atoms with Crippen molar-refractivity contribution in [3.05, 3.63) is 52.8 Å². The molecule has 4 rings (SSSR count). The summed E-state index contributed by atoms with van der Waals surface area (Å²) in [5.74, 6) is 1.91. The minimum atomic E-state index is -0.486. The molecule has 26 heavy (non-hydrogen) atoms. The Morgan fingerprint density at radius 3 is 2.85 bits per heavy atom. The second kappa shape index (κ2) is 6.68. The van der Waals surface area contributed by atoms with E-state index in [9.17, 15) is 4.79 Å². The largest absolute Gasteiger partial charge is 0.454 e. The normalized spacial score (nSPS) is 12.3. The van der Waals surface area contributed by atoms with E-state index < -0.39 is 5.91 Å². The van der Waals surface area contributed by atoms with Gasteiger partial charge < -0.3 is 20.5 Å². The van der Waals surface area contributed by atoms with Crippen LogP contribution in [0, 0.1) is 0 Å². The molecular weight excluding hydrogens is 356 g/mol. The third-order valence-electron chi connectivity index (χ3n) is 3.93. The molecular formula is C18H15ClN4O3. The average molecular weight is 371 g/mol. The van der Waals surface area contributed by atoms with Crippen LogP contribution in [0.2, 0.25) is 5.02 Å². The van der Waals surface area contributed by atoms with Crippen molar-refractivity contribution in [2.45, 2.75) is 13.0 Å². The molecule has 0 unspecified atom stereocenters. The molecule has 0 saturated heterocycles. The molecule has 8 heteroatoms. The van der Waals surface area contributed by atoms with Gasteiger partial charge in [0.25, 0.3) is 0 Å². The van der Waals surface area contributed by atoms with Crippen LogP contribution in [0.3, 0.4) is 0 Å². The number of hydrogen-bond donors (Lipinski definition) is 2. The van der Waals surface area contributed by atoms with E-state index in [1.165, 1.54) is 0 Å². The van der Waals surface area contributed by atoms with Crippen molar-refractivity contribution < 1.29 is 14.3 Å². The molecule has 7 nitrogen and oxygen atoms in total. The number of amides is 1. The summed E-state index contributed by atoms with van der Waals surface area (Å²) in [4.78, 5) is 20.0. The maximum Gasteiger partial charge on any atom is 0.231 e. The van der Waals surface area contributed by atoms with Crippen molar-refractivity contribution in [1.82, 2.24) is 9.97 Å². The lowest BCUT2D eigenvalue weighted by Gasteiger charge is -2.11. The Labute approximate surface area is 154 Å². The highest BCUT2D eigenvalue weighted by Crippen LogP contribution is 2.33. The third kappa shape index (κ3) is 3.34. The Hall–Kier alpha value is -3.06. The summed E-state index contributed by atoms with van der Waals surface area (Å²) in [6.45, 7) is 0.739. The number of nitrogens with zero attached hydrogens (tertiary/aromatic N) is 2. The molecule has 1 aliphatic rings. The van der Waals surface area contributed by atoms with Crippen molar-refractivity contribution in [2.24, 2.45) is 5.73 Å². The third-order valence-corrected chi connectivity index (χ3v) is 4.17. The summed E-state index contributed by atoms with van der Waals surface area (Å²) < 4.78 is 10.7. The van der Waals surface area contributed by atoms with Gasteiger partial charge in [-0.1, -0.05) is 17.7 Å². The molecule has 0 radical (unpaired) electrons. The molecule has 0 aliphatic carbocycles. The van der Waals surface area contributed by atoms with E-state index in [1.807, 2.05) is 18.2 Å². The summed E-state index contributed by atoms with van der Waals surface area (Å²) >= 11 is 6.11. The van der Waals surface area contributed by atoms with Gasteiger partial charge in [0.05, 0.1) is 11.9 Å². The summed E-state index contributed by atoms with van der Waals surface area (Å²) in [5, 5.41) is 4.63. The van der Waals surface area contributed by atoms with Gasteiger partial charge in [-0.2, -0.15) is 0 Å². The predicted molar refractivity (Wildman–Crippen MR) is 97.3 cm³/mol. The van der Waals surface area contributed by atoms with Crippen LogP contribution < -0.4 is 20.5 Å². The number of fused-ring (bicyclic) bond motifs is 2. The van der Waals surface area contributed by atoms with E-state index in [4.69, 9.17) is 26.8 Å². The van der Waals surface area contributed by atoms with E-state index in [0.717, 1.165) is 16.7 Å². The topological polar surface area (TPSA) is 99.4 Å². The molecule has 0 atom stereocenters. The zero-order valence-electron chi connectivity index (χ0n) is 13.7. The van der Waals surface area contributed by atoms with Crippen molar-refractivity contribution >= 4 is 34.2 Å². The van der Waals surface area contributed by atoms with Crippen LogP contribution in [0.4, 0.5) is 5.82 Å². The summed E-state index contributed by atoms with van der Waals surface area (Å²) in [5.41, 5.74) is 6.96. The smallest absolute Gasteiger partial charge is 0.231 e. The van der Waals surface area contributed by atoms with Crippen LogP contribution in [-0.4, -0.2) is 22.7 Å². The van der Waals surface area contributed by atoms with Crippen LogP contribution in [0.25, 0.3) is 10.9 Å². The first kappa shape index (κ1) is 16.4. The van der Waals surface area contributed by atoms with Crippen LogP contribution in [-0.2, 0) is 17.8 Å². The van der Waals surface area contributed by atoms with E-state index in [0.29, 0.717) is 34.5 Å². The molecule has 0 bridgehead atoms. The van der Waals surface area contributed by atoms with Crippen LogP contribution >= 0.6 is 11.6 Å². The average Bonchev–Trinajstić information content (AvgIpc) is 3.07. The second-order valence-electron chi connectivity index (χ2n) is 5.83. The second-order valence-corrected chi connectivity index (χ2v) is 6.27. The fourth-order valence-corrected chi connectivity index (χ4v) is 2.93. The first-order chi connectivity index (χ1) is 12.6. The number of carbonyl (C=O) groups excluding carboxylic acids is 1. The van der Waals surface area contributed by atoms with Crippen LogP contribution in [0.5, 0.6) is 11.5 Å². The maximum atomic E-state index is 11.2. The van der Waals surface area contributed by atoms with Crippen molar-refractivity contribution in [1.29, 1.82) is 0 Å². The Morgan fingerprint density at radius 2 is 2.00 bits per heavy atom. The number of nitrogens with one attached hydrogen (secondary N) is 1. The zero-order chi connectivity index (χ0) is 18.1. The number of ether oxygens (including phenoxy) is 2. The number of carbonyl (C=O) groups is 1. The van der Waals surface area contributed by atoms with Gasteiger partial charge in [-0.15, -0.1) is 0 Å². The van der Waals surface area contributed by atoms with E-state index >= 15 is 0 Å². The van der Waals surface area contributed by atoms with Crippen LogP contribution in [0.15, 0.2) is 36.4 Å². The lowest BCUT2D eigenvalue weighted by Crippen LogP contribution is -2.16. The SMILES string of the molecule is NC(=O)Cc1nc(NCc2ccc3c(c2)OCO3)c2cc(Cl)ccc2n1. The Balaban J connectivity index is 1.65. The molecule has 3 aromatic rings. The number of benzene rings is 2. The first-order valence-electron chi connectivity index (χ1n) is 7.95. The number of hydrogen-bond acceptors (Lipinski definition) is 6. The van der Waals surface area contributed by atoms with Gasteiger partial charge in [0, 0.05) is 17.0 Å². The monoisotopic (exact) mass is 370 g/mol. The van der Waals surface area contributed by atoms with Crippen molar-refractivity contribution in [3.8, 4) is 11.5 Å². The van der Waals surface area contributed by atoms with Crippen molar-refractivity contribution in [3.63, 3.8) is 0 Å². The summed E-state index contributed by atoms with van der Waals surface area (Å²) in [7, 11) is 0. The molecule has 0 saturated carbocycles. The number of halogens is 1. The van der Waals surface area contributed by atoms with Gasteiger partial charge in [-0.05, 0) is 35.9 Å². The number of aromatic nitrogens is 2. The molecule has 0 fully saturated rings. The molecule has 0 spiro atoms. The highest BCUT2D eigenvalue weighted by molar-refractivity contribution is 6.31. The Morgan fingerprint density at radius 1 is 1.15 bits per heavy atom. The minimum Gasteiger partial charge on any atom is -0.454 e. The van der Waals surface area contributed by atoms with Gasteiger partial charge >= 0.3 is 0 Å². The van der Waals surface area contributed by atoms with Gasteiger partial charge in [0.1, 0.15) is 11.6 Å². The van der Waals surface area contributed by atoms with Gasteiger partial charge in [0.2, 0.25) is 12.7 Å². The molecule has 1 aliphatic heterocycles. The van der Waals surface area contributed by atoms with Crippen LogP contribution in [0.1, 0.15) is 11.4 Å². The summed E-state index contributed by atoms with van der Waals surface area (Å²) in [6.07, 6.45) is -0.0305. The highest BCUT2D eigenvalue weighted by atomic mass is 35.5. The Bertz CT molecular complexity index is 1010. The number of rotatable bonds is 5. The predicted octanol–water partition coefficient (Wildman–Crippen LogP) is 2.65. The molecule has 1 aromatic heterocycles. The lowest BCUT2D eigenvalue weighted by molar-refractivity contribution is -0.117. The van der Waals surface area contributed by atoms with Gasteiger partial charge in [-0.3, -0.25) is 4.79 Å². The van der Waals surface area contributed by atoms with E-state index in [2.05, 4.69) is 15.3 Å². The van der Waals surface area contributed by atoms with Gasteiger partial charge in [0.15, 0.2) is 11.5 Å². The highest BCUT2D eigenvalue weighted by Gasteiger charge is 2.14. The molecule has 2 heterocycles. The maximum absolute atomic E-state index is 11.2. The molecule has 2 aromatic carbocycles. The number of anilines is 1. The number of nitrogens with two attached hydrogens (primary N) is 1. The molecule has 1 amide bonds. The fourth-order valence-electron chi connectivity index (χ4n) is 2.76. The Kier molecular flexibility index (Phi) is 4.22. The zero-order valence-corrected chi connectivity index (χ0v) is 14.4. The fraction of sp³-hybridized carbons (Fsp3) is 0.167. The quantitative estimate of drug-likeness (QED) is 0.716. The molecule has 3 N–H and O–H groups in total. The van der Waals surface area contributed by atoms with Gasteiger partial charge in [-0.25, -0.2) is 9.97 Å². The minimum absolute atomic E-state index is 0.0305. The van der Waals surface area contributed by atoms with E-state index in [1.54, 1.807) is 18.2 Å². The standard InChI is InChI=1S/C18H15ClN4O3/c19-11-2-3-13-12(6-11)18(23-17(22-13)7-16(20)24)21-8-10-1-4-14-15(5-10)26-9-25-14/h1-6H,7-9H2,(H2,20,24)(H,21,22,23). The lowest BCUT2D eigenvalue weighted by atomic mass is 10.2. The first-order valence-corrected chi connectivity index (χ1v) is 8.33. The number of primary amides is 1.